The van der Waals surface area contributed by atoms with Crippen molar-refractivity contribution in [3.05, 3.63) is 95.6 Å². The van der Waals surface area contributed by atoms with Crippen molar-refractivity contribution in [3.8, 4) is 0 Å². The molecule has 234 valence electrons. The Labute approximate surface area is 261 Å². The van der Waals surface area contributed by atoms with Crippen molar-refractivity contribution in [2.75, 3.05) is 20.3 Å². The molecule has 0 bridgehead atoms. The molecule has 2 aromatic rings. The van der Waals surface area contributed by atoms with Gasteiger partial charge in [0.15, 0.2) is 5.79 Å². The highest BCUT2D eigenvalue weighted by molar-refractivity contribution is 5.92. The first kappa shape index (κ1) is 30.8. The summed E-state index contributed by atoms with van der Waals surface area (Å²) in [6.07, 6.45) is 6.34. The van der Waals surface area contributed by atoms with Crippen LogP contribution in [0.2, 0.25) is 0 Å². The Morgan fingerprint density at radius 3 is 2.41 bits per heavy atom. The van der Waals surface area contributed by atoms with Gasteiger partial charge in [-0.05, 0) is 67.9 Å². The van der Waals surface area contributed by atoms with E-state index in [1.54, 1.807) is 0 Å². The zero-order valence-corrected chi connectivity index (χ0v) is 26.3. The normalized spacial score (nSPS) is 34.6. The van der Waals surface area contributed by atoms with E-state index in [4.69, 9.17) is 18.9 Å². The molecule has 4 aliphatic rings. The van der Waals surface area contributed by atoms with Crippen LogP contribution in [0, 0.1) is 22.7 Å². The Kier molecular flexibility index (Phi) is 8.33. The van der Waals surface area contributed by atoms with Crippen LogP contribution in [0.15, 0.2) is 84.5 Å². The molecule has 2 heterocycles. The average molecular weight is 600 g/mol. The lowest BCUT2D eigenvalue weighted by Gasteiger charge is -2.64. The highest BCUT2D eigenvalue weighted by atomic mass is 16.7. The molecule has 6 rings (SSSR count). The fourth-order valence-electron chi connectivity index (χ4n) is 8.73. The minimum atomic E-state index is -0.776. The van der Waals surface area contributed by atoms with Gasteiger partial charge in [0.2, 0.25) is 0 Å². The minimum absolute atomic E-state index is 0.0646. The summed E-state index contributed by atoms with van der Waals surface area (Å²) >= 11 is 0. The van der Waals surface area contributed by atoms with Gasteiger partial charge in [0.1, 0.15) is 12.6 Å². The van der Waals surface area contributed by atoms with Crippen LogP contribution in [0.25, 0.3) is 0 Å². The Morgan fingerprint density at radius 2 is 1.75 bits per heavy atom. The van der Waals surface area contributed by atoms with E-state index in [1.165, 1.54) is 12.7 Å². The topological polar surface area (TPSA) is 83.1 Å². The molecule has 0 amide bonds. The van der Waals surface area contributed by atoms with E-state index in [0.29, 0.717) is 24.5 Å². The highest BCUT2D eigenvalue weighted by Gasteiger charge is 2.62. The largest absolute Gasteiger partial charge is 0.468 e. The third-order valence-electron chi connectivity index (χ3n) is 11.2. The van der Waals surface area contributed by atoms with Gasteiger partial charge in [0.05, 0.1) is 25.4 Å². The number of esters is 2. The molecule has 2 aromatic carbocycles. The zero-order chi connectivity index (χ0) is 31.1. The van der Waals surface area contributed by atoms with Gasteiger partial charge in [-0.1, -0.05) is 86.7 Å². The Balaban J connectivity index is 1.29. The maximum absolute atomic E-state index is 13.1. The van der Waals surface area contributed by atoms with E-state index in [2.05, 4.69) is 37.9 Å². The summed E-state index contributed by atoms with van der Waals surface area (Å²) in [7, 11) is 1.39. The monoisotopic (exact) mass is 599 g/mol. The molecule has 0 spiro atoms. The average Bonchev–Trinajstić information content (AvgIpc) is 3.47. The van der Waals surface area contributed by atoms with Gasteiger partial charge in [-0.15, -0.1) is 0 Å². The van der Waals surface area contributed by atoms with Gasteiger partial charge in [-0.25, -0.2) is 9.59 Å². The second-order valence-electron chi connectivity index (χ2n) is 13.6. The van der Waals surface area contributed by atoms with Gasteiger partial charge in [0, 0.05) is 17.0 Å². The molecule has 3 fully saturated rings. The first-order valence-corrected chi connectivity index (χ1v) is 15.9. The van der Waals surface area contributed by atoms with Crippen LogP contribution in [0.4, 0.5) is 0 Å². The van der Waals surface area contributed by atoms with Crippen LogP contribution < -0.4 is 5.32 Å². The number of cyclic esters (lactones) is 1. The van der Waals surface area contributed by atoms with Gasteiger partial charge < -0.3 is 18.9 Å². The van der Waals surface area contributed by atoms with Crippen LogP contribution in [0.1, 0.15) is 70.0 Å². The van der Waals surface area contributed by atoms with E-state index >= 15 is 0 Å². The minimum Gasteiger partial charge on any atom is -0.468 e. The highest BCUT2D eigenvalue weighted by Crippen LogP contribution is 2.64. The van der Waals surface area contributed by atoms with Crippen molar-refractivity contribution < 1.29 is 28.5 Å². The summed E-state index contributed by atoms with van der Waals surface area (Å²) in [5.41, 5.74) is 3.32. The van der Waals surface area contributed by atoms with E-state index in [9.17, 15) is 9.59 Å². The van der Waals surface area contributed by atoms with E-state index < -0.39 is 23.8 Å². The smallest absolute Gasteiger partial charge is 0.335 e. The Morgan fingerprint density at radius 1 is 1.05 bits per heavy atom. The van der Waals surface area contributed by atoms with Gasteiger partial charge >= 0.3 is 11.9 Å². The molecular formula is C37H45NO6. The number of carbonyl (C=O) groups excluding carboxylic acids is 2. The van der Waals surface area contributed by atoms with Crippen molar-refractivity contribution in [1.29, 1.82) is 0 Å². The molecule has 2 aliphatic carbocycles. The lowest BCUT2D eigenvalue weighted by atomic mass is 9.45. The number of nitrogens with one attached hydrogen (secondary N) is 1. The molecule has 7 nitrogen and oxygen atoms in total. The molecule has 0 radical (unpaired) electrons. The second kappa shape index (κ2) is 11.9. The van der Waals surface area contributed by atoms with Crippen LogP contribution in [-0.2, 0) is 34.3 Å². The molecule has 44 heavy (non-hydrogen) atoms. The van der Waals surface area contributed by atoms with Crippen LogP contribution >= 0.6 is 0 Å². The summed E-state index contributed by atoms with van der Waals surface area (Å²) < 4.78 is 24.1. The third kappa shape index (κ3) is 5.33. The maximum atomic E-state index is 13.1. The first-order chi connectivity index (χ1) is 21.1. The fourth-order valence-corrected chi connectivity index (χ4v) is 8.73. The molecule has 5 unspecified atom stereocenters. The maximum Gasteiger partial charge on any atom is 0.335 e. The van der Waals surface area contributed by atoms with Crippen molar-refractivity contribution in [1.82, 2.24) is 5.32 Å². The number of benzene rings is 2. The summed E-state index contributed by atoms with van der Waals surface area (Å²) in [5.74, 6) is -1.07. The van der Waals surface area contributed by atoms with Gasteiger partial charge in [-0.2, -0.15) is 0 Å². The SMILES string of the molecule is C=C1CCC2[C@]3(C)COC(C)(c4ccccc4)OC3CC[C@]2(C)[C@H]1CC(NC(C(=O)OC)c1ccccc1)C1=CCOC1=O. The quantitative estimate of drug-likeness (QED) is 0.277. The Bertz CT molecular complexity index is 1420. The molecule has 1 saturated heterocycles. The number of fused-ring (bicyclic) bond motifs is 3. The number of ether oxygens (including phenoxy) is 4. The number of hydrogen-bond donors (Lipinski definition) is 1. The fraction of sp³-hybridized carbons (Fsp3) is 0.514. The molecule has 0 aromatic heterocycles. The van der Waals surface area contributed by atoms with E-state index in [0.717, 1.165) is 36.8 Å². The van der Waals surface area contributed by atoms with Crippen LogP contribution in [0.5, 0.6) is 0 Å². The lowest BCUT2D eigenvalue weighted by Crippen LogP contribution is -2.63. The van der Waals surface area contributed by atoms with Crippen molar-refractivity contribution in [2.24, 2.45) is 22.7 Å². The number of methoxy groups -OCH3 is 1. The number of allylic oxidation sites excluding steroid dienone is 1. The number of rotatable bonds is 8. The standard InChI is InChI=1S/C37H45NO6/c1-24-16-17-30-35(2,20-18-31-36(30,3)23-43-37(4,44-31)26-14-10-7-11-15-26)28(24)22-29(27-19-21-42-33(27)39)38-32(34(40)41-5)25-12-8-6-9-13-25/h6-15,19,28-32,38H,1,16-18,20-23H2,2-5H3/t28-,29?,30?,31?,32?,35+,36-,37?/m0/s1. The molecular weight excluding hydrogens is 554 g/mol. The van der Waals surface area contributed by atoms with Crippen molar-refractivity contribution in [3.63, 3.8) is 0 Å². The lowest BCUT2D eigenvalue weighted by molar-refractivity contribution is -0.359. The molecule has 2 aliphatic heterocycles. The number of carbonyl (C=O) groups is 2. The summed E-state index contributed by atoms with van der Waals surface area (Å²) in [6.45, 7) is 12.2. The van der Waals surface area contributed by atoms with Gasteiger partial charge in [-0.3, -0.25) is 5.32 Å². The van der Waals surface area contributed by atoms with E-state index in [1.807, 2.05) is 61.5 Å². The molecule has 1 N–H and O–H groups in total. The van der Waals surface area contributed by atoms with E-state index in [-0.39, 0.29) is 35.4 Å². The van der Waals surface area contributed by atoms with Crippen molar-refractivity contribution >= 4 is 11.9 Å². The summed E-state index contributed by atoms with van der Waals surface area (Å²) in [6, 6.07) is 18.6. The first-order valence-electron chi connectivity index (χ1n) is 15.9. The number of hydrogen-bond acceptors (Lipinski definition) is 7. The predicted molar refractivity (Wildman–Crippen MR) is 167 cm³/mol. The summed E-state index contributed by atoms with van der Waals surface area (Å²) in [4.78, 5) is 26.1. The molecule has 8 atom stereocenters. The van der Waals surface area contributed by atoms with Crippen molar-refractivity contribution in [2.45, 2.75) is 76.9 Å². The summed E-state index contributed by atoms with van der Waals surface area (Å²) in [5, 5.41) is 3.53. The third-order valence-corrected chi connectivity index (χ3v) is 11.2. The van der Waals surface area contributed by atoms with Crippen LogP contribution in [0.3, 0.4) is 0 Å². The zero-order valence-electron chi connectivity index (χ0n) is 26.3. The molecule has 7 heteroatoms. The van der Waals surface area contributed by atoms with Crippen LogP contribution in [-0.4, -0.2) is 44.4 Å². The molecule has 2 saturated carbocycles. The second-order valence-corrected chi connectivity index (χ2v) is 13.6. The Hall–Kier alpha value is -3.26. The predicted octanol–water partition coefficient (Wildman–Crippen LogP) is 6.41. The van der Waals surface area contributed by atoms with Gasteiger partial charge in [0.25, 0.3) is 0 Å².